The summed E-state index contributed by atoms with van der Waals surface area (Å²) < 4.78 is 5.37. The van der Waals surface area contributed by atoms with Crippen molar-refractivity contribution in [2.24, 2.45) is 0 Å². The molecule has 1 aliphatic rings. The van der Waals surface area contributed by atoms with Gasteiger partial charge in [-0.15, -0.1) is 0 Å². The Morgan fingerprint density at radius 2 is 1.69 bits per heavy atom. The number of amides is 1. The van der Waals surface area contributed by atoms with E-state index in [0.717, 1.165) is 12.0 Å². The van der Waals surface area contributed by atoms with Gasteiger partial charge in [-0.25, -0.2) is 4.79 Å². The van der Waals surface area contributed by atoms with Crippen molar-refractivity contribution in [3.8, 4) is 12.1 Å². The first-order chi connectivity index (χ1) is 15.1. The number of nitrogens with zero attached hydrogens (tertiary/aromatic N) is 3. The van der Waals surface area contributed by atoms with Crippen LogP contribution in [-0.4, -0.2) is 46.9 Å². The first kappa shape index (κ1) is 24.7. The van der Waals surface area contributed by atoms with Crippen LogP contribution in [0, 0.1) is 22.7 Å². The molecule has 0 bridgehead atoms. The van der Waals surface area contributed by atoms with E-state index in [2.05, 4.69) is 6.07 Å². The quantitative estimate of drug-likeness (QED) is 0.707. The van der Waals surface area contributed by atoms with Crippen molar-refractivity contribution in [2.75, 3.05) is 13.1 Å². The first-order valence-electron chi connectivity index (χ1n) is 10.2. The molecule has 1 amide bonds. The second-order valence-corrected chi connectivity index (χ2v) is 8.21. The molecule has 8 heteroatoms. The average Bonchev–Trinajstić information content (AvgIpc) is 2.78. The number of benzene rings is 2. The molecule has 0 radical (unpaired) electrons. The van der Waals surface area contributed by atoms with Gasteiger partial charge in [0.05, 0.1) is 23.3 Å². The van der Waals surface area contributed by atoms with Gasteiger partial charge in [0, 0.05) is 13.1 Å². The predicted molar refractivity (Wildman–Crippen MR) is 123 cm³/mol. The van der Waals surface area contributed by atoms with E-state index in [9.17, 15) is 4.79 Å². The van der Waals surface area contributed by atoms with Crippen molar-refractivity contribution < 1.29 is 19.6 Å². The van der Waals surface area contributed by atoms with Crippen LogP contribution < -0.4 is 5.46 Å². The minimum Gasteiger partial charge on any atom is -0.444 e. The Kier molecular flexibility index (Phi) is 8.60. The lowest BCUT2D eigenvalue weighted by Crippen LogP contribution is -2.39. The van der Waals surface area contributed by atoms with E-state index in [1.807, 2.05) is 51.1 Å². The maximum atomic E-state index is 12.0. The number of carbonyl (C=O) groups excluding carboxylic acids is 1. The van der Waals surface area contributed by atoms with Crippen LogP contribution in [0.25, 0.3) is 5.57 Å². The summed E-state index contributed by atoms with van der Waals surface area (Å²) in [7, 11) is -1.50. The molecule has 0 aliphatic carbocycles. The minimum atomic E-state index is -1.50. The Morgan fingerprint density at radius 1 is 1.06 bits per heavy atom. The molecule has 1 heterocycles. The molecule has 7 nitrogen and oxygen atoms in total. The van der Waals surface area contributed by atoms with Gasteiger partial charge >= 0.3 is 13.2 Å². The largest absolute Gasteiger partial charge is 0.488 e. The second-order valence-electron chi connectivity index (χ2n) is 8.21. The van der Waals surface area contributed by atoms with Crippen LogP contribution in [0.2, 0.25) is 0 Å². The summed E-state index contributed by atoms with van der Waals surface area (Å²) >= 11 is 0. The maximum Gasteiger partial charge on any atom is 0.488 e. The number of rotatable bonds is 2. The van der Waals surface area contributed by atoms with Gasteiger partial charge in [0.15, 0.2) is 0 Å². The van der Waals surface area contributed by atoms with E-state index < -0.39 is 12.7 Å². The van der Waals surface area contributed by atoms with Crippen molar-refractivity contribution in [3.05, 3.63) is 71.3 Å². The normalized spacial score (nSPS) is 13.0. The standard InChI is InChI=1S/C17H20N2O2.C7H6BNO2/c1-17(2,3)21-16(20)19-9-7-14(8-10-19)15-6-4-5-13(11-15)12-18;9-5-6-2-1-3-7(4-6)8(10)11/h4-7,11H,8-10H2,1-3H3;1-4,10-11H. The van der Waals surface area contributed by atoms with Gasteiger partial charge in [-0.1, -0.05) is 30.3 Å². The smallest absolute Gasteiger partial charge is 0.444 e. The van der Waals surface area contributed by atoms with Crippen LogP contribution in [0.15, 0.2) is 54.6 Å². The van der Waals surface area contributed by atoms with E-state index in [1.165, 1.54) is 11.6 Å². The monoisotopic (exact) mass is 431 g/mol. The highest BCUT2D eigenvalue weighted by Crippen LogP contribution is 2.24. The number of carbonyl (C=O) groups is 1. The lowest BCUT2D eigenvalue weighted by atomic mass is 9.80. The molecule has 0 spiro atoms. The topological polar surface area (TPSA) is 118 Å². The molecule has 2 aromatic rings. The molecule has 3 rings (SSSR count). The molecule has 0 saturated heterocycles. The molecule has 0 fully saturated rings. The average molecular weight is 431 g/mol. The number of hydrogen-bond acceptors (Lipinski definition) is 6. The van der Waals surface area contributed by atoms with Gasteiger partial charge in [0.2, 0.25) is 0 Å². The predicted octanol–water partition coefficient (Wildman–Crippen LogP) is 2.82. The van der Waals surface area contributed by atoms with Gasteiger partial charge in [0.25, 0.3) is 0 Å². The van der Waals surface area contributed by atoms with Gasteiger partial charge in [0.1, 0.15) is 5.60 Å². The van der Waals surface area contributed by atoms with Crippen LogP contribution in [0.3, 0.4) is 0 Å². The Labute approximate surface area is 188 Å². The number of ether oxygens (including phenoxy) is 1. The summed E-state index contributed by atoms with van der Waals surface area (Å²) in [6.07, 6.45) is 2.53. The van der Waals surface area contributed by atoms with Gasteiger partial charge in [-0.2, -0.15) is 10.5 Å². The Balaban J connectivity index is 0.000000278. The second kappa shape index (κ2) is 11.2. The third-order valence-electron chi connectivity index (χ3n) is 4.54. The van der Waals surface area contributed by atoms with Crippen molar-refractivity contribution in [2.45, 2.75) is 32.8 Å². The zero-order valence-electron chi connectivity index (χ0n) is 18.4. The maximum absolute atomic E-state index is 12.0. The summed E-state index contributed by atoms with van der Waals surface area (Å²) in [5.41, 5.74) is 3.18. The summed E-state index contributed by atoms with van der Waals surface area (Å²) in [4.78, 5) is 13.7. The van der Waals surface area contributed by atoms with Crippen LogP contribution in [0.4, 0.5) is 4.79 Å². The molecular weight excluding hydrogens is 405 g/mol. The molecule has 0 saturated carbocycles. The summed E-state index contributed by atoms with van der Waals surface area (Å²) in [6.45, 7) is 6.77. The fraction of sp³-hybridized carbons (Fsp3) is 0.292. The molecule has 164 valence electrons. The fourth-order valence-corrected chi connectivity index (χ4v) is 2.98. The van der Waals surface area contributed by atoms with E-state index in [4.69, 9.17) is 25.3 Å². The van der Waals surface area contributed by atoms with E-state index in [1.54, 1.807) is 29.2 Å². The van der Waals surface area contributed by atoms with Crippen molar-refractivity contribution in [1.29, 1.82) is 10.5 Å². The molecule has 0 aromatic heterocycles. The zero-order chi connectivity index (χ0) is 23.7. The summed E-state index contributed by atoms with van der Waals surface area (Å²) in [6, 6.07) is 17.8. The van der Waals surface area contributed by atoms with Crippen molar-refractivity contribution in [1.82, 2.24) is 4.90 Å². The van der Waals surface area contributed by atoms with Gasteiger partial charge in [-0.3, -0.25) is 0 Å². The van der Waals surface area contributed by atoms with Crippen LogP contribution >= 0.6 is 0 Å². The lowest BCUT2D eigenvalue weighted by molar-refractivity contribution is 0.0270. The fourth-order valence-electron chi connectivity index (χ4n) is 2.98. The molecule has 0 unspecified atom stereocenters. The van der Waals surface area contributed by atoms with Crippen molar-refractivity contribution in [3.63, 3.8) is 0 Å². The van der Waals surface area contributed by atoms with Crippen LogP contribution in [0.5, 0.6) is 0 Å². The van der Waals surface area contributed by atoms with E-state index in [-0.39, 0.29) is 6.09 Å². The lowest BCUT2D eigenvalue weighted by Gasteiger charge is -2.29. The molecule has 0 atom stereocenters. The molecule has 2 N–H and O–H groups in total. The highest BCUT2D eigenvalue weighted by molar-refractivity contribution is 6.58. The number of hydrogen-bond donors (Lipinski definition) is 2. The Bertz CT molecular complexity index is 1060. The third kappa shape index (κ3) is 7.59. The summed E-state index contributed by atoms with van der Waals surface area (Å²) in [5, 5.41) is 34.8. The minimum absolute atomic E-state index is 0.274. The molecule has 1 aliphatic heterocycles. The molecular formula is C24H26BN3O4. The van der Waals surface area contributed by atoms with Gasteiger partial charge < -0.3 is 19.7 Å². The van der Waals surface area contributed by atoms with E-state index in [0.29, 0.717) is 29.7 Å². The zero-order valence-corrected chi connectivity index (χ0v) is 18.4. The molecule has 2 aromatic carbocycles. The summed E-state index contributed by atoms with van der Waals surface area (Å²) in [5.74, 6) is 0. The SMILES string of the molecule is CC(C)(C)OC(=O)N1CC=C(c2cccc(C#N)c2)CC1.N#Cc1cccc(B(O)O)c1. The van der Waals surface area contributed by atoms with Crippen molar-refractivity contribution >= 4 is 24.2 Å². The Morgan fingerprint density at radius 3 is 2.22 bits per heavy atom. The van der Waals surface area contributed by atoms with Crippen LogP contribution in [-0.2, 0) is 4.74 Å². The van der Waals surface area contributed by atoms with Crippen LogP contribution in [0.1, 0.15) is 43.9 Å². The Hall–Kier alpha value is -3.59. The number of nitriles is 2. The third-order valence-corrected chi connectivity index (χ3v) is 4.54. The van der Waals surface area contributed by atoms with E-state index >= 15 is 0 Å². The van der Waals surface area contributed by atoms with Gasteiger partial charge in [-0.05, 0) is 68.1 Å². The highest BCUT2D eigenvalue weighted by Gasteiger charge is 2.23. The highest BCUT2D eigenvalue weighted by atomic mass is 16.6. The molecule has 32 heavy (non-hydrogen) atoms. The first-order valence-corrected chi connectivity index (χ1v) is 10.2.